The molecule has 0 atom stereocenters. The Labute approximate surface area is 177 Å². The van der Waals surface area contributed by atoms with E-state index >= 15 is 0 Å². The van der Waals surface area contributed by atoms with Crippen molar-refractivity contribution in [3.63, 3.8) is 0 Å². The van der Waals surface area contributed by atoms with Gasteiger partial charge in [-0.15, -0.1) is 11.3 Å². The molecule has 5 nitrogen and oxygen atoms in total. The number of oxazole rings is 1. The van der Waals surface area contributed by atoms with E-state index in [2.05, 4.69) is 10.3 Å². The van der Waals surface area contributed by atoms with Crippen molar-refractivity contribution in [1.29, 1.82) is 0 Å². The normalized spacial score (nSPS) is 11.5. The van der Waals surface area contributed by atoms with Crippen LogP contribution in [-0.2, 0) is 16.3 Å². The van der Waals surface area contributed by atoms with Crippen LogP contribution in [0.5, 0.6) is 0 Å². The number of hydrogen-bond donors (Lipinski definition) is 1. The molecule has 0 aliphatic carbocycles. The highest BCUT2D eigenvalue weighted by molar-refractivity contribution is 7.91. The summed E-state index contributed by atoms with van der Waals surface area (Å²) >= 11 is 7.33. The molecule has 0 bridgehead atoms. The van der Waals surface area contributed by atoms with Gasteiger partial charge in [0.2, 0.25) is 26.6 Å². The Morgan fingerprint density at radius 2 is 1.76 bits per heavy atom. The third-order valence-electron chi connectivity index (χ3n) is 4.25. The predicted octanol–water partition coefficient (Wildman–Crippen LogP) is 5.54. The van der Waals surface area contributed by atoms with E-state index in [0.717, 1.165) is 16.9 Å². The third kappa shape index (κ3) is 4.37. The van der Waals surface area contributed by atoms with Crippen molar-refractivity contribution in [1.82, 2.24) is 4.98 Å². The van der Waals surface area contributed by atoms with Gasteiger partial charge in [0.25, 0.3) is 0 Å². The molecular weight excluding hydrogens is 428 g/mol. The van der Waals surface area contributed by atoms with Crippen LogP contribution in [0.4, 0.5) is 5.88 Å². The highest BCUT2D eigenvalue weighted by Crippen LogP contribution is 2.34. The molecule has 4 aromatic rings. The summed E-state index contributed by atoms with van der Waals surface area (Å²) in [5, 5.41) is 5.32. The van der Waals surface area contributed by atoms with Crippen molar-refractivity contribution >= 4 is 38.7 Å². The molecule has 0 spiro atoms. The number of anilines is 1. The molecule has 0 saturated heterocycles. The summed E-state index contributed by atoms with van der Waals surface area (Å²) < 4.78 is 32.2. The lowest BCUT2D eigenvalue weighted by atomic mass is 10.1. The van der Waals surface area contributed by atoms with Gasteiger partial charge in [0.05, 0.1) is 9.77 Å². The van der Waals surface area contributed by atoms with Crippen molar-refractivity contribution in [3.8, 4) is 10.8 Å². The van der Waals surface area contributed by atoms with E-state index in [9.17, 15) is 8.42 Å². The van der Waals surface area contributed by atoms with Crippen LogP contribution in [0.2, 0.25) is 5.02 Å². The van der Waals surface area contributed by atoms with E-state index in [4.69, 9.17) is 16.0 Å². The van der Waals surface area contributed by atoms with E-state index in [0.29, 0.717) is 11.6 Å². The van der Waals surface area contributed by atoms with Crippen molar-refractivity contribution in [2.75, 3.05) is 11.9 Å². The van der Waals surface area contributed by atoms with Crippen LogP contribution in [0.25, 0.3) is 10.8 Å². The van der Waals surface area contributed by atoms with Gasteiger partial charge >= 0.3 is 0 Å². The average molecular weight is 445 g/mol. The van der Waals surface area contributed by atoms with Crippen LogP contribution in [0.15, 0.2) is 86.4 Å². The van der Waals surface area contributed by atoms with Crippen molar-refractivity contribution in [2.24, 2.45) is 0 Å². The molecule has 148 valence electrons. The van der Waals surface area contributed by atoms with E-state index in [1.165, 1.54) is 35.6 Å². The molecular formula is C21H17ClN2O3S2. The molecule has 2 heterocycles. The second kappa shape index (κ2) is 8.41. The predicted molar refractivity (Wildman–Crippen MR) is 115 cm³/mol. The second-order valence-corrected chi connectivity index (χ2v) is 9.50. The van der Waals surface area contributed by atoms with Crippen LogP contribution in [0.1, 0.15) is 5.56 Å². The molecule has 1 N–H and O–H groups in total. The Hall–Kier alpha value is -2.61. The Morgan fingerprint density at radius 3 is 2.45 bits per heavy atom. The number of benzene rings is 2. The van der Waals surface area contributed by atoms with Crippen LogP contribution in [-0.4, -0.2) is 19.9 Å². The zero-order chi connectivity index (χ0) is 20.3. The van der Waals surface area contributed by atoms with Crippen LogP contribution in [0, 0.1) is 0 Å². The Balaban J connectivity index is 1.66. The van der Waals surface area contributed by atoms with E-state index in [-0.39, 0.29) is 21.7 Å². The molecule has 2 aromatic heterocycles. The minimum Gasteiger partial charge on any atom is -0.418 e. The zero-order valence-electron chi connectivity index (χ0n) is 15.2. The zero-order valence-corrected chi connectivity index (χ0v) is 17.6. The fourth-order valence-corrected chi connectivity index (χ4v) is 4.85. The molecule has 2 aromatic carbocycles. The number of rotatable bonds is 7. The molecule has 0 aliphatic rings. The molecule has 0 fully saturated rings. The summed E-state index contributed by atoms with van der Waals surface area (Å²) in [6.07, 6.45) is 0.719. The lowest BCUT2D eigenvalue weighted by Crippen LogP contribution is -2.09. The van der Waals surface area contributed by atoms with Gasteiger partial charge in [-0.05, 0) is 47.7 Å². The average Bonchev–Trinajstić information content (AvgIpc) is 3.39. The molecule has 8 heteroatoms. The summed E-state index contributed by atoms with van der Waals surface area (Å²) in [7, 11) is -3.87. The van der Waals surface area contributed by atoms with Gasteiger partial charge in [0, 0.05) is 11.6 Å². The summed E-state index contributed by atoms with van der Waals surface area (Å²) in [5.41, 5.74) is 1.14. The summed E-state index contributed by atoms with van der Waals surface area (Å²) in [4.78, 5) is 5.18. The van der Waals surface area contributed by atoms with Crippen molar-refractivity contribution < 1.29 is 12.8 Å². The number of hydrogen-bond acceptors (Lipinski definition) is 6. The van der Waals surface area contributed by atoms with Crippen molar-refractivity contribution in [3.05, 3.63) is 82.7 Å². The SMILES string of the molecule is O=S(=O)(c1ccc(Cl)cc1)c1nc(-c2cccs2)oc1NCCc1ccccc1. The molecule has 0 radical (unpaired) electrons. The quantitative estimate of drug-likeness (QED) is 0.405. The van der Waals surface area contributed by atoms with Crippen LogP contribution < -0.4 is 5.32 Å². The lowest BCUT2D eigenvalue weighted by molar-refractivity contribution is 0.578. The number of aromatic nitrogens is 1. The summed E-state index contributed by atoms with van der Waals surface area (Å²) in [5.74, 6) is 0.411. The first-order chi connectivity index (χ1) is 14.0. The Bertz CT molecular complexity index is 1190. The summed E-state index contributed by atoms with van der Waals surface area (Å²) in [6, 6.07) is 19.6. The number of sulfone groups is 1. The first kappa shape index (κ1) is 19.7. The maximum absolute atomic E-state index is 13.2. The lowest BCUT2D eigenvalue weighted by Gasteiger charge is -2.06. The maximum Gasteiger partial charge on any atom is 0.240 e. The fraction of sp³-hybridized carbons (Fsp3) is 0.0952. The van der Waals surface area contributed by atoms with Gasteiger partial charge in [0.1, 0.15) is 0 Å². The minimum atomic E-state index is -3.87. The molecule has 0 saturated carbocycles. The van der Waals surface area contributed by atoms with E-state index < -0.39 is 9.84 Å². The van der Waals surface area contributed by atoms with Gasteiger partial charge in [-0.2, -0.15) is 4.98 Å². The van der Waals surface area contributed by atoms with Gasteiger partial charge in [-0.1, -0.05) is 48.0 Å². The van der Waals surface area contributed by atoms with Gasteiger partial charge in [-0.3, -0.25) is 0 Å². The van der Waals surface area contributed by atoms with Crippen LogP contribution in [0.3, 0.4) is 0 Å². The van der Waals surface area contributed by atoms with Crippen molar-refractivity contribution in [2.45, 2.75) is 16.3 Å². The third-order valence-corrected chi connectivity index (χ3v) is 7.04. The highest BCUT2D eigenvalue weighted by Gasteiger charge is 2.28. The monoisotopic (exact) mass is 444 g/mol. The van der Waals surface area contributed by atoms with Crippen LogP contribution >= 0.6 is 22.9 Å². The summed E-state index contributed by atoms with van der Waals surface area (Å²) in [6.45, 7) is 0.506. The highest BCUT2D eigenvalue weighted by atomic mass is 35.5. The number of nitrogens with one attached hydrogen (secondary N) is 1. The largest absolute Gasteiger partial charge is 0.418 e. The van der Waals surface area contributed by atoms with Gasteiger partial charge in [0.15, 0.2) is 0 Å². The second-order valence-electron chi connectivity index (χ2n) is 6.25. The first-order valence-corrected chi connectivity index (χ1v) is 11.6. The first-order valence-electron chi connectivity index (χ1n) is 8.87. The van der Waals surface area contributed by atoms with Gasteiger partial charge < -0.3 is 9.73 Å². The molecule has 0 aliphatic heterocycles. The molecule has 0 amide bonds. The van der Waals surface area contributed by atoms with Gasteiger partial charge in [-0.25, -0.2) is 8.42 Å². The Kier molecular flexibility index (Phi) is 5.71. The standard InChI is InChI=1S/C21H17ClN2O3S2/c22-16-8-10-17(11-9-16)29(25,26)21-20(23-13-12-15-5-2-1-3-6-15)27-19(24-21)18-7-4-14-28-18/h1-11,14,23H,12-13H2. The molecule has 0 unspecified atom stereocenters. The topological polar surface area (TPSA) is 72.2 Å². The Morgan fingerprint density at radius 1 is 1.00 bits per heavy atom. The smallest absolute Gasteiger partial charge is 0.240 e. The van der Waals surface area contributed by atoms with E-state index in [1.54, 1.807) is 0 Å². The fourth-order valence-electron chi connectivity index (χ4n) is 2.80. The number of thiophene rings is 1. The van der Waals surface area contributed by atoms with E-state index in [1.807, 2.05) is 47.8 Å². The molecule has 29 heavy (non-hydrogen) atoms. The number of nitrogens with zero attached hydrogens (tertiary/aromatic N) is 1. The number of halogens is 1. The molecule has 4 rings (SSSR count). The minimum absolute atomic E-state index is 0.110. The maximum atomic E-state index is 13.2.